The highest BCUT2D eigenvalue weighted by Gasteiger charge is 2.23. The van der Waals surface area contributed by atoms with E-state index >= 15 is 0 Å². The van der Waals surface area contributed by atoms with Gasteiger partial charge in [-0.1, -0.05) is 15.9 Å². The van der Waals surface area contributed by atoms with E-state index in [1.165, 1.54) is 0 Å². The molecule has 1 aliphatic rings. The fourth-order valence-corrected chi connectivity index (χ4v) is 1.78. The third-order valence-corrected chi connectivity index (χ3v) is 2.58. The smallest absolute Gasteiger partial charge is 0.256 e. The molecule has 0 unspecified atom stereocenters. The Bertz CT molecular complexity index is 426. The van der Waals surface area contributed by atoms with Gasteiger partial charge in [-0.15, -0.1) is 0 Å². The van der Waals surface area contributed by atoms with Crippen LogP contribution in [-0.4, -0.2) is 13.0 Å². The van der Waals surface area contributed by atoms with Gasteiger partial charge in [-0.05, 0) is 18.2 Å². The third kappa shape index (κ3) is 1.32. The Hall–Kier alpha value is -1.29. The van der Waals surface area contributed by atoms with Crippen LogP contribution in [0.1, 0.15) is 15.9 Å². The van der Waals surface area contributed by atoms with Gasteiger partial charge >= 0.3 is 0 Å². The largest absolute Gasteiger partial charge is 0.497 e. The van der Waals surface area contributed by atoms with Crippen LogP contribution in [-0.2, 0) is 0 Å². The van der Waals surface area contributed by atoms with E-state index in [1.807, 2.05) is 6.07 Å². The lowest BCUT2D eigenvalue weighted by molar-refractivity contribution is 0.0981. The number of nitrogens with one attached hydrogen (secondary N) is 1. The van der Waals surface area contributed by atoms with Crippen LogP contribution >= 0.6 is 15.9 Å². The Kier molecular flexibility index (Phi) is 2.29. The maximum Gasteiger partial charge on any atom is 0.256 e. The average Bonchev–Trinajstić information content (AvgIpc) is 2.55. The van der Waals surface area contributed by atoms with Crippen LogP contribution in [0.15, 0.2) is 23.2 Å². The van der Waals surface area contributed by atoms with E-state index in [4.69, 9.17) is 4.74 Å². The first-order valence-electron chi connectivity index (χ1n) is 4.06. The summed E-state index contributed by atoms with van der Waals surface area (Å²) in [5.41, 5.74) is 2.31. The number of amides is 1. The standard InChI is InChI=1S/C10H8BrNO2/c1-14-6-2-3-7-8(4-6)9(5-11)12-10(7)13/h2-5H,1H3,(H,12,13)/b9-5-. The lowest BCUT2D eigenvalue weighted by Crippen LogP contribution is -2.11. The molecule has 0 bridgehead atoms. The summed E-state index contributed by atoms with van der Waals surface area (Å²) in [6.07, 6.45) is 0. The summed E-state index contributed by atoms with van der Waals surface area (Å²) >= 11 is 3.20. The normalized spacial score (nSPS) is 16.7. The maximum absolute atomic E-state index is 11.4. The highest BCUT2D eigenvalue weighted by molar-refractivity contribution is 9.11. The van der Waals surface area contributed by atoms with Crippen LogP contribution in [0.2, 0.25) is 0 Å². The Balaban J connectivity index is 2.58. The summed E-state index contributed by atoms with van der Waals surface area (Å²) in [4.78, 5) is 13.1. The van der Waals surface area contributed by atoms with Crippen molar-refractivity contribution in [1.29, 1.82) is 0 Å². The number of hydrogen-bond acceptors (Lipinski definition) is 2. The molecule has 0 atom stereocenters. The SMILES string of the molecule is COc1ccc2c(c1)/C(=C/Br)NC2=O. The van der Waals surface area contributed by atoms with Crippen molar-refractivity contribution in [2.45, 2.75) is 0 Å². The van der Waals surface area contributed by atoms with Crippen LogP contribution in [0.25, 0.3) is 5.70 Å². The van der Waals surface area contributed by atoms with Crippen molar-refractivity contribution in [3.63, 3.8) is 0 Å². The van der Waals surface area contributed by atoms with E-state index < -0.39 is 0 Å². The van der Waals surface area contributed by atoms with Crippen molar-refractivity contribution in [3.8, 4) is 5.75 Å². The molecule has 1 aliphatic heterocycles. The Labute approximate surface area is 89.9 Å². The molecule has 1 aromatic carbocycles. The molecule has 2 rings (SSSR count). The second-order valence-electron chi connectivity index (χ2n) is 2.89. The van der Waals surface area contributed by atoms with Crippen molar-refractivity contribution in [2.75, 3.05) is 7.11 Å². The maximum atomic E-state index is 11.4. The molecule has 0 radical (unpaired) electrons. The molecule has 1 N–H and O–H groups in total. The van der Waals surface area contributed by atoms with E-state index in [9.17, 15) is 4.79 Å². The molecular weight excluding hydrogens is 246 g/mol. The molecule has 1 heterocycles. The van der Waals surface area contributed by atoms with Gasteiger partial charge in [-0.25, -0.2) is 0 Å². The molecule has 14 heavy (non-hydrogen) atoms. The van der Waals surface area contributed by atoms with E-state index in [-0.39, 0.29) is 5.91 Å². The number of rotatable bonds is 1. The zero-order chi connectivity index (χ0) is 10.1. The van der Waals surface area contributed by atoms with Crippen LogP contribution < -0.4 is 10.1 Å². The second-order valence-corrected chi connectivity index (χ2v) is 3.35. The monoisotopic (exact) mass is 253 g/mol. The minimum absolute atomic E-state index is 0.0756. The van der Waals surface area contributed by atoms with E-state index in [0.29, 0.717) is 5.56 Å². The van der Waals surface area contributed by atoms with Crippen molar-refractivity contribution in [3.05, 3.63) is 34.3 Å². The van der Waals surface area contributed by atoms with Gasteiger partial charge in [0.25, 0.3) is 5.91 Å². The number of fused-ring (bicyclic) bond motifs is 1. The van der Waals surface area contributed by atoms with Gasteiger partial charge in [0.15, 0.2) is 0 Å². The molecule has 0 fully saturated rings. The highest BCUT2D eigenvalue weighted by atomic mass is 79.9. The number of benzene rings is 1. The number of carbonyl (C=O) groups is 1. The van der Waals surface area contributed by atoms with Gasteiger partial charge in [0.2, 0.25) is 0 Å². The van der Waals surface area contributed by atoms with Gasteiger partial charge in [-0.2, -0.15) is 0 Å². The van der Waals surface area contributed by atoms with Gasteiger partial charge in [0.1, 0.15) is 5.75 Å². The van der Waals surface area contributed by atoms with Crippen LogP contribution in [0, 0.1) is 0 Å². The van der Waals surface area contributed by atoms with Gasteiger partial charge in [0.05, 0.1) is 12.8 Å². The van der Waals surface area contributed by atoms with Crippen molar-refractivity contribution in [1.82, 2.24) is 5.32 Å². The summed E-state index contributed by atoms with van der Waals surface area (Å²) in [6, 6.07) is 5.36. The summed E-state index contributed by atoms with van der Waals surface area (Å²) in [5.74, 6) is 0.667. The van der Waals surface area contributed by atoms with Gasteiger partial charge in [-0.3, -0.25) is 4.79 Å². The van der Waals surface area contributed by atoms with E-state index in [2.05, 4.69) is 21.2 Å². The second kappa shape index (κ2) is 3.46. The fourth-order valence-electron chi connectivity index (χ4n) is 1.41. The molecule has 0 aromatic heterocycles. The number of ether oxygens (including phenoxy) is 1. The number of methoxy groups -OCH3 is 1. The average molecular weight is 254 g/mol. The molecule has 1 amide bonds. The predicted octanol–water partition coefficient (Wildman–Crippen LogP) is 2.13. The molecule has 0 spiro atoms. The first-order chi connectivity index (χ1) is 6.76. The lowest BCUT2D eigenvalue weighted by atomic mass is 10.1. The molecule has 72 valence electrons. The number of halogens is 1. The summed E-state index contributed by atoms with van der Waals surface area (Å²) in [7, 11) is 1.60. The topological polar surface area (TPSA) is 38.3 Å². The lowest BCUT2D eigenvalue weighted by Gasteiger charge is -2.01. The first kappa shape index (κ1) is 9.27. The zero-order valence-electron chi connectivity index (χ0n) is 7.50. The molecule has 0 saturated carbocycles. The Morgan fingerprint density at radius 3 is 2.86 bits per heavy atom. The zero-order valence-corrected chi connectivity index (χ0v) is 9.09. The number of carbonyl (C=O) groups excluding carboxylic acids is 1. The molecule has 1 aromatic rings. The Morgan fingerprint density at radius 2 is 2.21 bits per heavy atom. The van der Waals surface area contributed by atoms with Crippen LogP contribution in [0.4, 0.5) is 0 Å². The highest BCUT2D eigenvalue weighted by Crippen LogP contribution is 2.28. The molecule has 3 nitrogen and oxygen atoms in total. The van der Waals surface area contributed by atoms with E-state index in [1.54, 1.807) is 24.2 Å². The van der Waals surface area contributed by atoms with E-state index in [0.717, 1.165) is 17.0 Å². The molecule has 4 heteroatoms. The quantitative estimate of drug-likeness (QED) is 0.833. The summed E-state index contributed by atoms with van der Waals surface area (Å²) < 4.78 is 5.09. The third-order valence-electron chi connectivity index (χ3n) is 2.12. The minimum Gasteiger partial charge on any atom is -0.497 e. The Morgan fingerprint density at radius 1 is 1.43 bits per heavy atom. The fraction of sp³-hybridized carbons (Fsp3) is 0.100. The summed E-state index contributed by atoms with van der Waals surface area (Å²) in [6.45, 7) is 0. The van der Waals surface area contributed by atoms with Crippen LogP contribution in [0.3, 0.4) is 0 Å². The molecule has 0 aliphatic carbocycles. The summed E-state index contributed by atoms with van der Waals surface area (Å²) in [5, 5.41) is 2.74. The van der Waals surface area contributed by atoms with Gasteiger partial charge in [0, 0.05) is 16.1 Å². The van der Waals surface area contributed by atoms with Crippen molar-refractivity contribution in [2.24, 2.45) is 0 Å². The molecule has 0 saturated heterocycles. The van der Waals surface area contributed by atoms with Crippen LogP contribution in [0.5, 0.6) is 5.75 Å². The van der Waals surface area contributed by atoms with Crippen molar-refractivity contribution >= 4 is 27.5 Å². The minimum atomic E-state index is -0.0756. The molecular formula is C10H8BrNO2. The van der Waals surface area contributed by atoms with Gasteiger partial charge < -0.3 is 10.1 Å². The number of hydrogen-bond donors (Lipinski definition) is 1. The van der Waals surface area contributed by atoms with Crippen molar-refractivity contribution < 1.29 is 9.53 Å². The first-order valence-corrected chi connectivity index (χ1v) is 4.98. The predicted molar refractivity (Wildman–Crippen MR) is 57.4 cm³/mol.